The molecule has 0 saturated carbocycles. The lowest BCUT2D eigenvalue weighted by Gasteiger charge is -2.01. The number of aromatic nitrogens is 3. The van der Waals surface area contributed by atoms with Gasteiger partial charge in [0.25, 0.3) is 11.8 Å². The highest BCUT2D eigenvalue weighted by Gasteiger charge is 2.35. The molecule has 6 nitrogen and oxygen atoms in total. The van der Waals surface area contributed by atoms with Crippen molar-refractivity contribution in [1.29, 1.82) is 0 Å². The summed E-state index contributed by atoms with van der Waals surface area (Å²) in [5, 5.41) is 11.3. The summed E-state index contributed by atoms with van der Waals surface area (Å²) in [5.74, 6) is -0.834. The number of para-hydroxylation sites is 2. The van der Waals surface area contributed by atoms with Crippen LogP contribution in [0, 0.1) is 0 Å². The van der Waals surface area contributed by atoms with E-state index in [2.05, 4.69) is 20.5 Å². The topological polar surface area (TPSA) is 90.6 Å². The number of carbonyl (C=O) groups is 2. The van der Waals surface area contributed by atoms with Crippen LogP contribution in [0.5, 0.6) is 0 Å². The second kappa shape index (κ2) is 4.91. The minimum absolute atomic E-state index is 0.298. The molecule has 4 aromatic rings. The molecule has 2 amide bonds. The zero-order valence-electron chi connectivity index (χ0n) is 13.0. The summed E-state index contributed by atoms with van der Waals surface area (Å²) in [4.78, 5) is 28.2. The highest BCUT2D eigenvalue weighted by atomic mass is 16.2. The van der Waals surface area contributed by atoms with Gasteiger partial charge in [-0.25, -0.2) is 0 Å². The lowest BCUT2D eigenvalue weighted by atomic mass is 9.97. The molecule has 0 radical (unpaired) electrons. The largest absolute Gasteiger partial charge is 0.361 e. The number of nitrogens with zero attached hydrogens (tertiary/aromatic N) is 1. The minimum Gasteiger partial charge on any atom is -0.361 e. The van der Waals surface area contributed by atoms with Gasteiger partial charge in [0.2, 0.25) is 0 Å². The maximum absolute atomic E-state index is 12.5. The van der Waals surface area contributed by atoms with E-state index in [4.69, 9.17) is 0 Å². The molecule has 25 heavy (non-hydrogen) atoms. The molecule has 0 saturated heterocycles. The lowest BCUT2D eigenvalue weighted by Crippen LogP contribution is -2.22. The van der Waals surface area contributed by atoms with Gasteiger partial charge in [0.15, 0.2) is 0 Å². The molecule has 0 spiro atoms. The Balaban J connectivity index is 1.85. The minimum atomic E-state index is -0.428. The molecular weight excluding hydrogens is 316 g/mol. The summed E-state index contributed by atoms with van der Waals surface area (Å²) in [5.41, 5.74) is 3.55. The monoisotopic (exact) mass is 328 g/mol. The number of fused-ring (bicyclic) bond motifs is 2. The Hall–Kier alpha value is -3.67. The van der Waals surface area contributed by atoms with Crippen LogP contribution in [-0.2, 0) is 9.59 Å². The first kappa shape index (κ1) is 13.7. The van der Waals surface area contributed by atoms with E-state index in [0.29, 0.717) is 22.4 Å². The van der Waals surface area contributed by atoms with Crippen molar-refractivity contribution in [3.8, 4) is 0 Å². The van der Waals surface area contributed by atoms with Crippen LogP contribution in [0.15, 0.2) is 54.7 Å². The van der Waals surface area contributed by atoms with Crippen molar-refractivity contribution in [3.63, 3.8) is 0 Å². The quantitative estimate of drug-likeness (QED) is 0.494. The van der Waals surface area contributed by atoms with E-state index >= 15 is 0 Å². The smallest absolute Gasteiger partial charge is 0.261 e. The first-order chi connectivity index (χ1) is 12.2. The Morgan fingerprint density at radius 1 is 0.760 bits per heavy atom. The molecule has 0 unspecified atom stereocenters. The average molecular weight is 328 g/mol. The summed E-state index contributed by atoms with van der Waals surface area (Å²) in [6.07, 6.45) is 1.76. The van der Waals surface area contributed by atoms with E-state index in [1.165, 1.54) is 0 Å². The van der Waals surface area contributed by atoms with Gasteiger partial charge in [0.1, 0.15) is 5.69 Å². The van der Waals surface area contributed by atoms with Crippen LogP contribution in [0.25, 0.3) is 33.0 Å². The molecule has 3 heterocycles. The van der Waals surface area contributed by atoms with Crippen LogP contribution in [0.1, 0.15) is 11.3 Å². The van der Waals surface area contributed by atoms with Crippen molar-refractivity contribution in [2.24, 2.45) is 0 Å². The van der Waals surface area contributed by atoms with Crippen LogP contribution < -0.4 is 5.32 Å². The maximum atomic E-state index is 12.5. The molecule has 1 aliphatic rings. The maximum Gasteiger partial charge on any atom is 0.261 e. The summed E-state index contributed by atoms with van der Waals surface area (Å²) >= 11 is 0. The molecule has 3 N–H and O–H groups in total. The molecule has 2 aromatic heterocycles. The number of H-pyrrole nitrogens is 2. The number of benzene rings is 2. The third kappa shape index (κ3) is 1.88. The fourth-order valence-electron chi connectivity index (χ4n) is 3.37. The van der Waals surface area contributed by atoms with Crippen LogP contribution in [0.2, 0.25) is 0 Å². The van der Waals surface area contributed by atoms with Crippen molar-refractivity contribution in [3.05, 3.63) is 66.0 Å². The molecule has 1 aliphatic heterocycles. The average Bonchev–Trinajstić information content (AvgIpc) is 3.30. The van der Waals surface area contributed by atoms with E-state index in [0.717, 1.165) is 21.8 Å². The zero-order chi connectivity index (χ0) is 17.0. The highest BCUT2D eigenvalue weighted by Crippen LogP contribution is 2.36. The predicted octanol–water partition coefficient (Wildman–Crippen LogP) is 2.61. The van der Waals surface area contributed by atoms with E-state index in [1.807, 2.05) is 48.5 Å². The summed E-state index contributed by atoms with van der Waals surface area (Å²) in [7, 11) is 0. The summed E-state index contributed by atoms with van der Waals surface area (Å²) < 4.78 is 0. The first-order valence-corrected chi connectivity index (χ1v) is 7.84. The van der Waals surface area contributed by atoms with Crippen LogP contribution in [0.4, 0.5) is 0 Å². The van der Waals surface area contributed by atoms with Gasteiger partial charge in [-0.1, -0.05) is 36.4 Å². The number of hydrogen-bond acceptors (Lipinski definition) is 3. The van der Waals surface area contributed by atoms with Gasteiger partial charge in [-0.3, -0.25) is 20.0 Å². The second-order valence-corrected chi connectivity index (χ2v) is 5.90. The summed E-state index contributed by atoms with van der Waals surface area (Å²) in [6, 6.07) is 15.2. The fraction of sp³-hybridized carbons (Fsp3) is 0. The number of nitrogens with one attached hydrogen (secondary N) is 3. The number of carbonyl (C=O) groups excluding carboxylic acids is 2. The van der Waals surface area contributed by atoms with Gasteiger partial charge in [-0.05, 0) is 12.1 Å². The number of rotatable bonds is 2. The Morgan fingerprint density at radius 2 is 1.44 bits per heavy atom. The van der Waals surface area contributed by atoms with Crippen molar-refractivity contribution in [1.82, 2.24) is 20.5 Å². The van der Waals surface area contributed by atoms with Crippen LogP contribution in [0.3, 0.4) is 0 Å². The van der Waals surface area contributed by atoms with Crippen molar-refractivity contribution in [2.45, 2.75) is 0 Å². The molecular formula is C19H12N4O2. The van der Waals surface area contributed by atoms with Crippen molar-refractivity contribution >= 4 is 44.8 Å². The lowest BCUT2D eigenvalue weighted by molar-refractivity contribution is -0.122. The fourth-order valence-corrected chi connectivity index (χ4v) is 3.37. The van der Waals surface area contributed by atoms with Gasteiger partial charge in [0, 0.05) is 28.0 Å². The molecule has 0 atom stereocenters. The Morgan fingerprint density at radius 3 is 2.28 bits per heavy atom. The molecule has 5 rings (SSSR count). The normalized spacial score (nSPS) is 14.7. The highest BCUT2D eigenvalue weighted by molar-refractivity contribution is 6.50. The number of aromatic amines is 2. The third-order valence-electron chi connectivity index (χ3n) is 4.50. The Labute approximate surface area is 141 Å². The van der Waals surface area contributed by atoms with Gasteiger partial charge < -0.3 is 4.98 Å². The second-order valence-electron chi connectivity index (χ2n) is 5.90. The predicted molar refractivity (Wildman–Crippen MR) is 94.4 cm³/mol. The molecule has 120 valence electrons. The van der Waals surface area contributed by atoms with Crippen molar-refractivity contribution in [2.75, 3.05) is 0 Å². The van der Waals surface area contributed by atoms with E-state index in [9.17, 15) is 9.59 Å². The number of hydrogen-bond donors (Lipinski definition) is 3. The summed E-state index contributed by atoms with van der Waals surface area (Å²) in [6.45, 7) is 0. The Kier molecular flexibility index (Phi) is 2.70. The van der Waals surface area contributed by atoms with Gasteiger partial charge in [-0.15, -0.1) is 0 Å². The third-order valence-corrected chi connectivity index (χ3v) is 4.50. The molecule has 2 aromatic carbocycles. The van der Waals surface area contributed by atoms with Crippen molar-refractivity contribution < 1.29 is 9.59 Å². The zero-order valence-corrected chi connectivity index (χ0v) is 13.0. The number of amides is 2. The van der Waals surface area contributed by atoms with Crippen LogP contribution in [-0.4, -0.2) is 27.0 Å². The standard InChI is InChI=1S/C19H12N4O2/c24-18-15(12-9-20-13-7-3-1-5-10(12)13)16(19(25)21-18)17-11-6-2-4-8-14(11)22-23-17/h1-9,20H,(H,22,23)(H,21,24,25). The van der Waals surface area contributed by atoms with Gasteiger partial charge >= 0.3 is 0 Å². The van der Waals surface area contributed by atoms with E-state index < -0.39 is 11.8 Å². The molecule has 0 aliphatic carbocycles. The molecule has 6 heteroatoms. The SMILES string of the molecule is O=C1NC(=O)C(c2n[nH]c3ccccc23)=C1c1c[nH]c2ccccc12. The van der Waals surface area contributed by atoms with Gasteiger partial charge in [-0.2, -0.15) is 5.10 Å². The van der Waals surface area contributed by atoms with Crippen LogP contribution >= 0.6 is 0 Å². The van der Waals surface area contributed by atoms with E-state index in [1.54, 1.807) is 6.20 Å². The van der Waals surface area contributed by atoms with E-state index in [-0.39, 0.29) is 0 Å². The van der Waals surface area contributed by atoms with Gasteiger partial charge in [0.05, 0.1) is 16.7 Å². The molecule has 0 bridgehead atoms. The molecule has 0 fully saturated rings. The first-order valence-electron chi connectivity index (χ1n) is 7.84. The number of imide groups is 1. The Bertz CT molecular complexity index is 1120.